The van der Waals surface area contributed by atoms with Gasteiger partial charge in [0.1, 0.15) is 0 Å². The number of nitrogens with zero attached hydrogens (tertiary/aromatic N) is 1. The van der Waals surface area contributed by atoms with Crippen LogP contribution in [-0.2, 0) is 11.2 Å². The zero-order chi connectivity index (χ0) is 10.7. The van der Waals surface area contributed by atoms with Crippen molar-refractivity contribution in [3.63, 3.8) is 0 Å². The van der Waals surface area contributed by atoms with Gasteiger partial charge in [0.2, 0.25) is 5.91 Å². The minimum Gasteiger partial charge on any atom is -0.356 e. The highest BCUT2D eigenvalue weighted by molar-refractivity contribution is 5.80. The van der Waals surface area contributed by atoms with E-state index in [-0.39, 0.29) is 5.91 Å². The van der Waals surface area contributed by atoms with Gasteiger partial charge in [-0.1, -0.05) is 6.07 Å². The summed E-state index contributed by atoms with van der Waals surface area (Å²) < 4.78 is 0. The van der Waals surface area contributed by atoms with Gasteiger partial charge in [0, 0.05) is 24.4 Å². The number of aromatic nitrogens is 1. The van der Waals surface area contributed by atoms with E-state index in [4.69, 9.17) is 0 Å². The van der Waals surface area contributed by atoms with E-state index in [0.29, 0.717) is 5.92 Å². The second kappa shape index (κ2) is 4.43. The molecule has 1 aliphatic carbocycles. The van der Waals surface area contributed by atoms with Crippen molar-refractivity contribution in [2.75, 3.05) is 6.54 Å². The Morgan fingerprint density at radius 2 is 2.33 bits per heavy atom. The van der Waals surface area contributed by atoms with Gasteiger partial charge in [-0.2, -0.15) is 0 Å². The molecule has 1 saturated carbocycles. The lowest BCUT2D eigenvalue weighted by atomic mass is 10.2. The molecule has 0 atom stereocenters. The summed E-state index contributed by atoms with van der Waals surface area (Å²) in [6.45, 7) is 2.69. The zero-order valence-electron chi connectivity index (χ0n) is 8.99. The normalized spacial score (nSPS) is 15.0. The first-order chi connectivity index (χ1) is 7.25. The molecule has 80 valence electrons. The van der Waals surface area contributed by atoms with Crippen LogP contribution < -0.4 is 5.32 Å². The molecule has 1 aliphatic rings. The first-order valence-corrected chi connectivity index (χ1v) is 5.45. The van der Waals surface area contributed by atoms with Gasteiger partial charge < -0.3 is 5.32 Å². The van der Waals surface area contributed by atoms with E-state index in [0.717, 1.165) is 31.5 Å². The summed E-state index contributed by atoms with van der Waals surface area (Å²) in [7, 11) is 0. The fourth-order valence-corrected chi connectivity index (χ4v) is 1.47. The molecule has 1 fully saturated rings. The molecule has 3 heteroatoms. The van der Waals surface area contributed by atoms with Gasteiger partial charge in [-0.25, -0.2) is 0 Å². The monoisotopic (exact) mass is 204 g/mol. The molecule has 0 unspecified atom stereocenters. The molecule has 0 saturated heterocycles. The van der Waals surface area contributed by atoms with Crippen LogP contribution in [0.5, 0.6) is 0 Å². The van der Waals surface area contributed by atoms with E-state index in [1.165, 1.54) is 5.56 Å². The maximum absolute atomic E-state index is 11.3. The second-order valence-corrected chi connectivity index (χ2v) is 4.12. The first kappa shape index (κ1) is 10.1. The van der Waals surface area contributed by atoms with E-state index in [1.54, 1.807) is 0 Å². The van der Waals surface area contributed by atoms with Crippen LogP contribution in [0.15, 0.2) is 18.3 Å². The lowest BCUT2D eigenvalue weighted by Crippen LogP contribution is -2.26. The summed E-state index contributed by atoms with van der Waals surface area (Å²) in [5.41, 5.74) is 2.21. The Bertz CT molecular complexity index is 341. The lowest BCUT2D eigenvalue weighted by molar-refractivity contribution is -0.122. The minimum atomic E-state index is 0.218. The number of nitrogens with one attached hydrogen (secondary N) is 1. The van der Waals surface area contributed by atoms with Crippen molar-refractivity contribution in [1.29, 1.82) is 0 Å². The SMILES string of the molecule is Cc1ccc(CCNC(=O)C2CC2)cn1. The van der Waals surface area contributed by atoms with Crippen molar-refractivity contribution < 1.29 is 4.79 Å². The van der Waals surface area contributed by atoms with Crippen molar-refractivity contribution in [1.82, 2.24) is 10.3 Å². The predicted octanol–water partition coefficient (Wildman–Crippen LogP) is 1.46. The van der Waals surface area contributed by atoms with E-state index < -0.39 is 0 Å². The Balaban J connectivity index is 1.73. The molecule has 2 rings (SSSR count). The number of pyridine rings is 1. The van der Waals surface area contributed by atoms with Gasteiger partial charge in [-0.3, -0.25) is 9.78 Å². The Hall–Kier alpha value is -1.38. The Kier molecular flexibility index (Phi) is 2.99. The van der Waals surface area contributed by atoms with E-state index in [9.17, 15) is 4.79 Å². The zero-order valence-corrected chi connectivity index (χ0v) is 8.99. The van der Waals surface area contributed by atoms with Crippen molar-refractivity contribution in [2.45, 2.75) is 26.2 Å². The van der Waals surface area contributed by atoms with Crippen LogP contribution in [0, 0.1) is 12.8 Å². The highest BCUT2D eigenvalue weighted by Gasteiger charge is 2.28. The van der Waals surface area contributed by atoms with E-state index >= 15 is 0 Å². The number of aryl methyl sites for hydroxylation is 1. The van der Waals surface area contributed by atoms with Crippen LogP contribution in [0.25, 0.3) is 0 Å². The lowest BCUT2D eigenvalue weighted by Gasteiger charge is -2.04. The molecule has 1 amide bonds. The maximum atomic E-state index is 11.3. The predicted molar refractivity (Wildman–Crippen MR) is 58.4 cm³/mol. The summed E-state index contributed by atoms with van der Waals surface area (Å²) in [5.74, 6) is 0.524. The third-order valence-corrected chi connectivity index (χ3v) is 2.63. The maximum Gasteiger partial charge on any atom is 0.223 e. The summed E-state index contributed by atoms with van der Waals surface area (Å²) in [5, 5.41) is 2.94. The first-order valence-electron chi connectivity index (χ1n) is 5.45. The molecule has 1 N–H and O–H groups in total. The van der Waals surface area contributed by atoms with Gasteiger partial charge in [0.25, 0.3) is 0 Å². The molecule has 0 bridgehead atoms. The van der Waals surface area contributed by atoms with Crippen molar-refractivity contribution in [3.8, 4) is 0 Å². The van der Waals surface area contributed by atoms with E-state index in [2.05, 4.69) is 16.4 Å². The molecule has 3 nitrogen and oxygen atoms in total. The number of hydrogen-bond donors (Lipinski definition) is 1. The quantitative estimate of drug-likeness (QED) is 0.806. The number of hydrogen-bond acceptors (Lipinski definition) is 2. The highest BCUT2D eigenvalue weighted by Crippen LogP contribution is 2.28. The van der Waals surface area contributed by atoms with Gasteiger partial charge in [0.05, 0.1) is 0 Å². The molecule has 0 spiro atoms. The second-order valence-electron chi connectivity index (χ2n) is 4.12. The highest BCUT2D eigenvalue weighted by atomic mass is 16.2. The van der Waals surface area contributed by atoms with Crippen LogP contribution in [0.3, 0.4) is 0 Å². The molecule has 0 aliphatic heterocycles. The Morgan fingerprint density at radius 1 is 1.53 bits per heavy atom. The van der Waals surface area contributed by atoms with Crippen molar-refractivity contribution >= 4 is 5.91 Å². The van der Waals surface area contributed by atoms with Gasteiger partial charge >= 0.3 is 0 Å². The van der Waals surface area contributed by atoms with Crippen LogP contribution in [0.4, 0.5) is 0 Å². The number of carbonyl (C=O) groups excluding carboxylic acids is 1. The number of amides is 1. The molecule has 1 aromatic rings. The summed E-state index contributed by atoms with van der Waals surface area (Å²) in [6.07, 6.45) is 4.88. The third-order valence-electron chi connectivity index (χ3n) is 2.63. The van der Waals surface area contributed by atoms with Crippen molar-refractivity contribution in [2.24, 2.45) is 5.92 Å². The average Bonchev–Trinajstić information content (AvgIpc) is 3.04. The molecular formula is C12H16N2O. The molecule has 0 aromatic carbocycles. The summed E-state index contributed by atoms with van der Waals surface area (Å²) >= 11 is 0. The van der Waals surface area contributed by atoms with Crippen LogP contribution in [-0.4, -0.2) is 17.4 Å². The summed E-state index contributed by atoms with van der Waals surface area (Å²) in [6, 6.07) is 4.06. The fourth-order valence-electron chi connectivity index (χ4n) is 1.47. The van der Waals surface area contributed by atoms with E-state index in [1.807, 2.05) is 19.2 Å². The smallest absolute Gasteiger partial charge is 0.223 e. The Morgan fingerprint density at radius 3 is 2.93 bits per heavy atom. The van der Waals surface area contributed by atoms with Crippen LogP contribution in [0.1, 0.15) is 24.1 Å². The van der Waals surface area contributed by atoms with Crippen LogP contribution in [0.2, 0.25) is 0 Å². The molecule has 0 radical (unpaired) electrons. The molecule has 15 heavy (non-hydrogen) atoms. The minimum absolute atomic E-state index is 0.218. The largest absolute Gasteiger partial charge is 0.356 e. The molecule has 1 heterocycles. The topological polar surface area (TPSA) is 42.0 Å². The standard InChI is InChI=1S/C12H16N2O/c1-9-2-3-10(8-14-9)6-7-13-12(15)11-4-5-11/h2-3,8,11H,4-7H2,1H3,(H,13,15). The molecule has 1 aromatic heterocycles. The number of carbonyl (C=O) groups is 1. The average molecular weight is 204 g/mol. The van der Waals surface area contributed by atoms with Crippen molar-refractivity contribution in [3.05, 3.63) is 29.6 Å². The van der Waals surface area contributed by atoms with Gasteiger partial charge in [-0.15, -0.1) is 0 Å². The van der Waals surface area contributed by atoms with Gasteiger partial charge in [-0.05, 0) is 37.8 Å². The van der Waals surface area contributed by atoms with Gasteiger partial charge in [0.15, 0.2) is 0 Å². The summed E-state index contributed by atoms with van der Waals surface area (Å²) in [4.78, 5) is 15.5. The number of rotatable bonds is 4. The fraction of sp³-hybridized carbons (Fsp3) is 0.500. The third kappa shape index (κ3) is 3.05. The molecular weight excluding hydrogens is 188 g/mol. The Labute approximate surface area is 89.9 Å². The van der Waals surface area contributed by atoms with Crippen LogP contribution >= 0.6 is 0 Å².